The lowest BCUT2D eigenvalue weighted by molar-refractivity contribution is 0.102. The molecule has 2 aromatic carbocycles. The van der Waals surface area contributed by atoms with E-state index in [1.807, 2.05) is 0 Å². The number of carbonyl (C=O) groups excluding carboxylic acids is 2. The molecule has 3 aromatic rings. The molecule has 0 aliphatic carbocycles. The second kappa shape index (κ2) is 8.67. The molecule has 6 nitrogen and oxygen atoms in total. The Bertz CT molecular complexity index is 1050. The van der Waals surface area contributed by atoms with E-state index in [1.54, 1.807) is 45.3 Å². The van der Waals surface area contributed by atoms with E-state index >= 15 is 0 Å². The van der Waals surface area contributed by atoms with E-state index in [9.17, 15) is 14.0 Å². The topological polar surface area (TPSA) is 75.4 Å². The summed E-state index contributed by atoms with van der Waals surface area (Å²) < 4.78 is 19.4. The molecule has 0 radical (unpaired) electrons. The number of rotatable bonds is 4. The van der Waals surface area contributed by atoms with Crippen LogP contribution in [0.5, 0.6) is 0 Å². The summed E-state index contributed by atoms with van der Waals surface area (Å²) in [6.45, 7) is 1.56. The number of benzene rings is 2. The highest BCUT2D eigenvalue weighted by atomic mass is 35.5. The van der Waals surface area contributed by atoms with E-state index in [-0.39, 0.29) is 32.8 Å². The third-order valence-corrected chi connectivity index (χ3v) is 5.33. The summed E-state index contributed by atoms with van der Waals surface area (Å²) in [4.78, 5) is 26.8. The Kier molecular flexibility index (Phi) is 6.24. The van der Waals surface area contributed by atoms with Crippen LogP contribution in [0.4, 0.5) is 14.9 Å². The molecule has 0 atom stereocenters. The Balaban J connectivity index is 1.84. The number of hydrogen-bond donors (Lipinski definition) is 1. The molecule has 3 rings (SSSR count). The molecule has 0 unspecified atom stereocenters. The van der Waals surface area contributed by atoms with Crippen molar-refractivity contribution in [2.75, 3.05) is 19.4 Å². The molecule has 0 saturated carbocycles. The van der Waals surface area contributed by atoms with Gasteiger partial charge in [0.1, 0.15) is 22.8 Å². The maximum Gasteiger partial charge on any atom is 0.285 e. The molecule has 2 amide bonds. The molecule has 0 spiro atoms. The maximum absolute atomic E-state index is 14.3. The monoisotopic (exact) mass is 433 g/mol. The molecule has 0 saturated heterocycles. The zero-order chi connectivity index (χ0) is 21.1. The van der Waals surface area contributed by atoms with Crippen LogP contribution in [0.2, 0.25) is 5.02 Å². The molecule has 150 valence electrons. The fourth-order valence-corrected chi connectivity index (χ4v) is 3.44. The average molecular weight is 434 g/mol. The Hall–Kier alpha value is -2.84. The molecule has 1 aromatic heterocycles. The van der Waals surface area contributed by atoms with Crippen LogP contribution in [0.3, 0.4) is 0 Å². The highest BCUT2D eigenvalue weighted by Gasteiger charge is 2.25. The molecule has 1 N–H and O–H groups in total. The number of halogens is 2. The van der Waals surface area contributed by atoms with Gasteiger partial charge in [0.05, 0.1) is 10.6 Å². The zero-order valence-electron chi connectivity index (χ0n) is 15.8. The van der Waals surface area contributed by atoms with Crippen molar-refractivity contribution in [2.24, 2.45) is 0 Å². The summed E-state index contributed by atoms with van der Waals surface area (Å²) in [5.74, 6) is -0.879. The first-order chi connectivity index (χ1) is 13.8. The molecule has 0 bridgehead atoms. The van der Waals surface area contributed by atoms with E-state index in [4.69, 9.17) is 16.1 Å². The zero-order valence-corrected chi connectivity index (χ0v) is 17.4. The van der Waals surface area contributed by atoms with Gasteiger partial charge in [-0.25, -0.2) is 4.39 Å². The summed E-state index contributed by atoms with van der Waals surface area (Å²) in [5, 5.41) is 6.58. The Morgan fingerprint density at radius 1 is 1.17 bits per heavy atom. The van der Waals surface area contributed by atoms with Crippen molar-refractivity contribution in [3.63, 3.8) is 0 Å². The second-order valence-electron chi connectivity index (χ2n) is 6.30. The van der Waals surface area contributed by atoms with E-state index in [2.05, 4.69) is 10.5 Å². The molecular formula is C20H17ClFN3O3S. The number of anilines is 1. The van der Waals surface area contributed by atoms with Crippen molar-refractivity contribution in [1.82, 2.24) is 10.1 Å². The van der Waals surface area contributed by atoms with Gasteiger partial charge in [0.2, 0.25) is 0 Å². The van der Waals surface area contributed by atoms with Gasteiger partial charge < -0.3 is 14.7 Å². The predicted octanol–water partition coefficient (Wildman–Crippen LogP) is 5.47. The standard InChI is InChI=1S/C20H17ClFN3O3S/c1-11-16(18(24-28-11)17-14(21)5-4-6-15(17)22)19(26)23-12-7-9-13(10-8-12)29-20(27)25(2)3/h4-10H,1-3H3,(H,23,26). The number of aromatic nitrogens is 1. The summed E-state index contributed by atoms with van der Waals surface area (Å²) in [6.07, 6.45) is 0. The summed E-state index contributed by atoms with van der Waals surface area (Å²) in [7, 11) is 3.34. The Morgan fingerprint density at radius 2 is 1.86 bits per heavy atom. The Morgan fingerprint density at radius 3 is 2.48 bits per heavy atom. The van der Waals surface area contributed by atoms with E-state index in [1.165, 1.54) is 23.1 Å². The number of hydrogen-bond acceptors (Lipinski definition) is 5. The Labute approximate surface area is 176 Å². The first-order valence-electron chi connectivity index (χ1n) is 8.49. The number of amides is 2. The van der Waals surface area contributed by atoms with Crippen molar-refractivity contribution in [2.45, 2.75) is 11.8 Å². The lowest BCUT2D eigenvalue weighted by atomic mass is 10.0. The van der Waals surface area contributed by atoms with Crippen LogP contribution < -0.4 is 5.32 Å². The van der Waals surface area contributed by atoms with Crippen molar-refractivity contribution in [3.05, 3.63) is 64.6 Å². The first kappa shape index (κ1) is 20.9. The van der Waals surface area contributed by atoms with Gasteiger partial charge >= 0.3 is 0 Å². The number of nitrogens with zero attached hydrogens (tertiary/aromatic N) is 2. The van der Waals surface area contributed by atoms with Crippen LogP contribution >= 0.6 is 23.4 Å². The lowest BCUT2D eigenvalue weighted by Crippen LogP contribution is -2.16. The molecule has 29 heavy (non-hydrogen) atoms. The van der Waals surface area contributed by atoms with Gasteiger partial charge in [0, 0.05) is 24.7 Å². The highest BCUT2D eigenvalue weighted by molar-refractivity contribution is 8.13. The molecule has 1 heterocycles. The highest BCUT2D eigenvalue weighted by Crippen LogP contribution is 2.34. The first-order valence-corrected chi connectivity index (χ1v) is 9.68. The van der Waals surface area contributed by atoms with Gasteiger partial charge in [0.25, 0.3) is 11.1 Å². The normalized spacial score (nSPS) is 10.7. The van der Waals surface area contributed by atoms with Crippen LogP contribution in [-0.4, -0.2) is 35.3 Å². The van der Waals surface area contributed by atoms with Gasteiger partial charge in [-0.2, -0.15) is 0 Å². The minimum absolute atomic E-state index is 0.00473. The third kappa shape index (κ3) is 4.60. The second-order valence-corrected chi connectivity index (χ2v) is 7.73. The van der Waals surface area contributed by atoms with Crippen LogP contribution in [0.25, 0.3) is 11.3 Å². The van der Waals surface area contributed by atoms with Crippen molar-refractivity contribution >= 4 is 40.2 Å². The van der Waals surface area contributed by atoms with Gasteiger partial charge in [-0.3, -0.25) is 9.59 Å². The van der Waals surface area contributed by atoms with Crippen molar-refractivity contribution in [3.8, 4) is 11.3 Å². The van der Waals surface area contributed by atoms with E-state index in [0.717, 1.165) is 16.7 Å². The van der Waals surface area contributed by atoms with Gasteiger partial charge in [-0.15, -0.1) is 0 Å². The molecule has 0 aliphatic rings. The van der Waals surface area contributed by atoms with Crippen LogP contribution in [0, 0.1) is 12.7 Å². The van der Waals surface area contributed by atoms with Gasteiger partial charge in [0.15, 0.2) is 0 Å². The molecule has 0 aliphatic heterocycles. The molecular weight excluding hydrogens is 417 g/mol. The summed E-state index contributed by atoms with van der Waals surface area (Å²) >= 11 is 7.18. The predicted molar refractivity (Wildman–Crippen MR) is 111 cm³/mol. The van der Waals surface area contributed by atoms with Crippen molar-refractivity contribution < 1.29 is 18.5 Å². The molecule has 0 fully saturated rings. The number of nitrogens with one attached hydrogen (secondary N) is 1. The minimum Gasteiger partial charge on any atom is -0.360 e. The fourth-order valence-electron chi connectivity index (χ4n) is 2.53. The number of aryl methyl sites for hydroxylation is 1. The minimum atomic E-state index is -0.605. The summed E-state index contributed by atoms with van der Waals surface area (Å²) in [6, 6.07) is 11.0. The SMILES string of the molecule is Cc1onc(-c2c(F)cccc2Cl)c1C(=O)Nc1ccc(SC(=O)N(C)C)cc1. The fraction of sp³-hybridized carbons (Fsp3) is 0.150. The van der Waals surface area contributed by atoms with E-state index < -0.39 is 11.7 Å². The quantitative estimate of drug-likeness (QED) is 0.552. The van der Waals surface area contributed by atoms with Crippen LogP contribution in [0.15, 0.2) is 51.9 Å². The van der Waals surface area contributed by atoms with Gasteiger partial charge in [-0.1, -0.05) is 22.8 Å². The molecule has 9 heteroatoms. The largest absolute Gasteiger partial charge is 0.360 e. The third-order valence-electron chi connectivity index (χ3n) is 3.97. The number of thioether (sulfide) groups is 1. The van der Waals surface area contributed by atoms with Crippen LogP contribution in [0.1, 0.15) is 16.1 Å². The van der Waals surface area contributed by atoms with Crippen LogP contribution in [-0.2, 0) is 0 Å². The lowest BCUT2D eigenvalue weighted by Gasteiger charge is -2.10. The maximum atomic E-state index is 14.3. The summed E-state index contributed by atoms with van der Waals surface area (Å²) in [5.41, 5.74) is 0.637. The number of carbonyl (C=O) groups is 2. The van der Waals surface area contributed by atoms with Gasteiger partial charge in [-0.05, 0) is 55.1 Å². The van der Waals surface area contributed by atoms with Crippen molar-refractivity contribution in [1.29, 1.82) is 0 Å². The average Bonchev–Trinajstić information content (AvgIpc) is 3.04. The smallest absolute Gasteiger partial charge is 0.285 e. The van der Waals surface area contributed by atoms with E-state index in [0.29, 0.717) is 5.69 Å².